The standard InChI is InChI=1S/C28H26N4O3/c1-34-25-13-12-19(16-26(25)35-2)23-18-32(21-8-4-3-5-9-21)31-27(23)28(33)29-15-14-20-17-30-24-11-7-6-10-22(20)24/h3-13,16-18,30H,14-15H2,1-2H3,(H,29,33). The van der Waals surface area contributed by atoms with Crippen LogP contribution in [0.25, 0.3) is 27.7 Å². The Balaban J connectivity index is 1.43. The molecule has 0 saturated carbocycles. The molecule has 0 bridgehead atoms. The van der Waals surface area contributed by atoms with Gasteiger partial charge in [0.2, 0.25) is 0 Å². The highest BCUT2D eigenvalue weighted by atomic mass is 16.5. The van der Waals surface area contributed by atoms with E-state index in [2.05, 4.69) is 21.5 Å². The summed E-state index contributed by atoms with van der Waals surface area (Å²) in [7, 11) is 3.19. The second-order valence-electron chi connectivity index (χ2n) is 8.11. The van der Waals surface area contributed by atoms with Gasteiger partial charge in [0.1, 0.15) is 0 Å². The van der Waals surface area contributed by atoms with Gasteiger partial charge in [-0.15, -0.1) is 0 Å². The highest BCUT2D eigenvalue weighted by molar-refractivity contribution is 5.99. The van der Waals surface area contributed by atoms with Crippen LogP contribution in [-0.4, -0.2) is 41.4 Å². The molecule has 0 aliphatic heterocycles. The fraction of sp³-hybridized carbons (Fsp3) is 0.143. The Morgan fingerprint density at radius 1 is 0.971 bits per heavy atom. The SMILES string of the molecule is COc1ccc(-c2cn(-c3ccccc3)nc2C(=O)NCCc2c[nH]c3ccccc23)cc1OC. The highest BCUT2D eigenvalue weighted by Crippen LogP contribution is 2.34. The molecule has 7 heteroatoms. The lowest BCUT2D eigenvalue weighted by Gasteiger charge is -2.10. The number of nitrogens with one attached hydrogen (secondary N) is 2. The van der Waals surface area contributed by atoms with E-state index in [4.69, 9.17) is 9.47 Å². The van der Waals surface area contributed by atoms with E-state index >= 15 is 0 Å². The molecule has 0 atom stereocenters. The van der Waals surface area contributed by atoms with E-state index in [1.165, 1.54) is 5.39 Å². The Labute approximate surface area is 203 Å². The van der Waals surface area contributed by atoms with Gasteiger partial charge in [0.15, 0.2) is 17.2 Å². The van der Waals surface area contributed by atoms with Gasteiger partial charge in [0.05, 0.1) is 19.9 Å². The molecule has 5 rings (SSSR count). The van der Waals surface area contributed by atoms with Gasteiger partial charge in [-0.05, 0) is 47.9 Å². The summed E-state index contributed by atoms with van der Waals surface area (Å²) in [5.41, 5.74) is 4.99. The number of carbonyl (C=O) groups is 1. The van der Waals surface area contributed by atoms with E-state index in [0.29, 0.717) is 35.7 Å². The molecule has 0 aliphatic carbocycles. The van der Waals surface area contributed by atoms with Crippen molar-refractivity contribution in [1.82, 2.24) is 20.1 Å². The van der Waals surface area contributed by atoms with Crippen molar-refractivity contribution in [3.8, 4) is 28.3 Å². The van der Waals surface area contributed by atoms with E-state index in [1.54, 1.807) is 18.9 Å². The molecule has 0 spiro atoms. The number of carbonyl (C=O) groups excluding carboxylic acids is 1. The number of fused-ring (bicyclic) bond motifs is 1. The third kappa shape index (κ3) is 4.48. The van der Waals surface area contributed by atoms with Crippen molar-refractivity contribution in [2.24, 2.45) is 0 Å². The first kappa shape index (κ1) is 22.3. The Hall–Kier alpha value is -4.52. The smallest absolute Gasteiger partial charge is 0.272 e. The van der Waals surface area contributed by atoms with Crippen molar-refractivity contribution in [2.45, 2.75) is 6.42 Å². The average Bonchev–Trinajstić information content (AvgIpc) is 3.54. The van der Waals surface area contributed by atoms with Crippen molar-refractivity contribution < 1.29 is 14.3 Å². The molecule has 0 saturated heterocycles. The van der Waals surface area contributed by atoms with E-state index in [0.717, 1.165) is 22.3 Å². The van der Waals surface area contributed by atoms with Gasteiger partial charge in [-0.25, -0.2) is 4.68 Å². The zero-order valence-corrected chi connectivity index (χ0v) is 19.6. The minimum Gasteiger partial charge on any atom is -0.493 e. The summed E-state index contributed by atoms with van der Waals surface area (Å²) in [6, 6.07) is 23.4. The first-order valence-corrected chi connectivity index (χ1v) is 11.4. The number of benzene rings is 3. The number of ether oxygens (including phenoxy) is 2. The Bertz CT molecular complexity index is 1470. The molecule has 0 aliphatic rings. The van der Waals surface area contributed by atoms with Crippen LogP contribution in [0.3, 0.4) is 0 Å². The summed E-state index contributed by atoms with van der Waals surface area (Å²) in [6.07, 6.45) is 4.57. The maximum absolute atomic E-state index is 13.3. The number of amides is 1. The van der Waals surface area contributed by atoms with Crippen LogP contribution >= 0.6 is 0 Å². The number of rotatable bonds is 8. The summed E-state index contributed by atoms with van der Waals surface area (Å²) < 4.78 is 12.6. The predicted molar refractivity (Wildman–Crippen MR) is 136 cm³/mol. The molecule has 35 heavy (non-hydrogen) atoms. The van der Waals surface area contributed by atoms with Crippen LogP contribution in [0.4, 0.5) is 0 Å². The first-order chi connectivity index (χ1) is 17.2. The zero-order valence-electron chi connectivity index (χ0n) is 19.6. The minimum atomic E-state index is -0.232. The molecule has 0 unspecified atom stereocenters. The zero-order chi connectivity index (χ0) is 24.2. The second-order valence-corrected chi connectivity index (χ2v) is 8.11. The molecular weight excluding hydrogens is 440 g/mol. The van der Waals surface area contributed by atoms with Gasteiger partial charge in [-0.2, -0.15) is 5.10 Å². The third-order valence-corrected chi connectivity index (χ3v) is 6.00. The fourth-order valence-electron chi connectivity index (χ4n) is 4.20. The number of nitrogens with zero attached hydrogens (tertiary/aromatic N) is 2. The number of methoxy groups -OCH3 is 2. The molecule has 3 aromatic carbocycles. The van der Waals surface area contributed by atoms with E-state index < -0.39 is 0 Å². The number of H-pyrrole nitrogens is 1. The summed E-state index contributed by atoms with van der Waals surface area (Å²) >= 11 is 0. The van der Waals surface area contributed by atoms with Crippen molar-refractivity contribution in [2.75, 3.05) is 20.8 Å². The third-order valence-electron chi connectivity index (χ3n) is 6.00. The van der Waals surface area contributed by atoms with Crippen molar-refractivity contribution in [1.29, 1.82) is 0 Å². The van der Waals surface area contributed by atoms with Crippen LogP contribution in [0.1, 0.15) is 16.1 Å². The molecular formula is C28H26N4O3. The van der Waals surface area contributed by atoms with Crippen LogP contribution in [0.5, 0.6) is 11.5 Å². The van der Waals surface area contributed by atoms with E-state index in [1.807, 2.05) is 79.1 Å². The summed E-state index contributed by atoms with van der Waals surface area (Å²) in [5.74, 6) is 0.976. The topological polar surface area (TPSA) is 81.2 Å². The monoisotopic (exact) mass is 466 g/mol. The predicted octanol–water partition coefficient (Wildman–Crippen LogP) is 5.01. The van der Waals surface area contributed by atoms with Gasteiger partial charge in [-0.1, -0.05) is 42.5 Å². The molecule has 2 N–H and O–H groups in total. The normalized spacial score (nSPS) is 10.9. The maximum Gasteiger partial charge on any atom is 0.272 e. The number of aromatic nitrogens is 3. The van der Waals surface area contributed by atoms with Gasteiger partial charge in [0, 0.05) is 35.4 Å². The van der Waals surface area contributed by atoms with Crippen LogP contribution in [0, 0.1) is 0 Å². The molecule has 0 fully saturated rings. The minimum absolute atomic E-state index is 0.232. The molecule has 1 amide bonds. The van der Waals surface area contributed by atoms with Crippen molar-refractivity contribution >= 4 is 16.8 Å². The van der Waals surface area contributed by atoms with Crippen LogP contribution in [-0.2, 0) is 6.42 Å². The summed E-state index contributed by atoms with van der Waals surface area (Å²) in [6.45, 7) is 0.490. The Kier molecular flexibility index (Phi) is 6.22. The number of hydrogen-bond donors (Lipinski definition) is 2. The molecule has 0 radical (unpaired) electrons. The molecule has 7 nitrogen and oxygen atoms in total. The maximum atomic E-state index is 13.3. The van der Waals surface area contributed by atoms with Crippen molar-refractivity contribution in [3.63, 3.8) is 0 Å². The van der Waals surface area contributed by atoms with E-state index in [-0.39, 0.29) is 5.91 Å². The lowest BCUT2D eigenvalue weighted by Crippen LogP contribution is -2.26. The average molecular weight is 467 g/mol. The second kappa shape index (κ2) is 9.77. The Morgan fingerprint density at radius 3 is 2.54 bits per heavy atom. The fourth-order valence-corrected chi connectivity index (χ4v) is 4.20. The molecule has 176 valence electrons. The van der Waals surface area contributed by atoms with Crippen LogP contribution in [0.2, 0.25) is 0 Å². The largest absolute Gasteiger partial charge is 0.493 e. The quantitative estimate of drug-likeness (QED) is 0.337. The van der Waals surface area contributed by atoms with Gasteiger partial charge in [-0.3, -0.25) is 4.79 Å². The highest BCUT2D eigenvalue weighted by Gasteiger charge is 2.20. The summed E-state index contributed by atoms with van der Waals surface area (Å²) in [4.78, 5) is 16.6. The summed E-state index contributed by atoms with van der Waals surface area (Å²) in [5, 5.41) is 8.86. The van der Waals surface area contributed by atoms with Crippen LogP contribution in [0.15, 0.2) is 85.2 Å². The van der Waals surface area contributed by atoms with Gasteiger partial charge in [0.25, 0.3) is 5.91 Å². The van der Waals surface area contributed by atoms with Crippen molar-refractivity contribution in [3.05, 3.63) is 96.4 Å². The number of hydrogen-bond acceptors (Lipinski definition) is 4. The molecule has 5 aromatic rings. The van der Waals surface area contributed by atoms with E-state index in [9.17, 15) is 4.79 Å². The van der Waals surface area contributed by atoms with Gasteiger partial charge < -0.3 is 19.8 Å². The first-order valence-electron chi connectivity index (χ1n) is 11.4. The number of aromatic amines is 1. The lowest BCUT2D eigenvalue weighted by atomic mass is 10.1. The lowest BCUT2D eigenvalue weighted by molar-refractivity contribution is 0.0949. The number of para-hydroxylation sites is 2. The van der Waals surface area contributed by atoms with Crippen LogP contribution < -0.4 is 14.8 Å². The molecule has 2 aromatic heterocycles. The molecule has 2 heterocycles. The Morgan fingerprint density at radius 2 is 1.74 bits per heavy atom. The van der Waals surface area contributed by atoms with Gasteiger partial charge >= 0.3 is 0 Å².